The summed E-state index contributed by atoms with van der Waals surface area (Å²) >= 11 is 1.55. The molecule has 2 atom stereocenters. The second kappa shape index (κ2) is 7.75. The van der Waals surface area contributed by atoms with Crippen molar-refractivity contribution in [1.29, 1.82) is 0 Å². The number of urea groups is 1. The van der Waals surface area contributed by atoms with Crippen LogP contribution in [0.2, 0.25) is 0 Å². The molecule has 1 rings (SSSR count). The number of nitrogens with zero attached hydrogens (tertiary/aromatic N) is 1. The number of aliphatic hydroxyl groups is 1. The molecule has 0 saturated heterocycles. The van der Waals surface area contributed by atoms with Crippen LogP contribution in [0.4, 0.5) is 4.79 Å². The van der Waals surface area contributed by atoms with E-state index in [-0.39, 0.29) is 23.9 Å². The van der Waals surface area contributed by atoms with Crippen LogP contribution in [0.3, 0.4) is 0 Å². The Morgan fingerprint density at radius 3 is 2.62 bits per heavy atom. The molecule has 0 aliphatic rings. The molecular weight excluding hydrogens is 286 g/mol. The van der Waals surface area contributed by atoms with Gasteiger partial charge in [0.2, 0.25) is 0 Å². The monoisotopic (exact) mass is 313 g/mol. The number of carbonyl (C=O) groups is 1. The minimum atomic E-state index is -0.506. The lowest BCUT2D eigenvalue weighted by Crippen LogP contribution is -2.41. The van der Waals surface area contributed by atoms with Crippen LogP contribution in [0.1, 0.15) is 51.7 Å². The van der Waals surface area contributed by atoms with Crippen LogP contribution in [-0.2, 0) is 12.0 Å². The van der Waals surface area contributed by atoms with E-state index in [0.717, 1.165) is 17.1 Å². The van der Waals surface area contributed by atoms with Crippen molar-refractivity contribution in [3.05, 3.63) is 16.1 Å². The van der Waals surface area contributed by atoms with Crippen molar-refractivity contribution >= 4 is 17.4 Å². The summed E-state index contributed by atoms with van der Waals surface area (Å²) in [5, 5.41) is 18.2. The lowest BCUT2D eigenvalue weighted by Gasteiger charge is -2.17. The molecule has 0 fully saturated rings. The first-order chi connectivity index (χ1) is 9.74. The molecule has 2 unspecified atom stereocenters. The third-order valence-electron chi connectivity index (χ3n) is 3.49. The Labute approximate surface area is 131 Å². The molecule has 0 radical (unpaired) electrons. The number of thiazole rings is 1. The average Bonchev–Trinajstić information content (AvgIpc) is 2.90. The van der Waals surface area contributed by atoms with Crippen LogP contribution < -0.4 is 10.6 Å². The summed E-state index contributed by atoms with van der Waals surface area (Å²) in [6, 6.07) is -0.273. The van der Waals surface area contributed by atoms with E-state index in [9.17, 15) is 9.90 Å². The number of hydrogen-bond donors (Lipinski definition) is 3. The third kappa shape index (κ3) is 6.01. The zero-order valence-electron chi connectivity index (χ0n) is 13.6. The Morgan fingerprint density at radius 2 is 2.10 bits per heavy atom. The van der Waals surface area contributed by atoms with Gasteiger partial charge in [0.1, 0.15) is 5.01 Å². The minimum absolute atomic E-state index is 0.0252. The summed E-state index contributed by atoms with van der Waals surface area (Å²) < 4.78 is 0. The first-order valence-electron chi connectivity index (χ1n) is 7.38. The second-order valence-corrected chi connectivity index (χ2v) is 7.34. The van der Waals surface area contributed by atoms with Gasteiger partial charge in [-0.25, -0.2) is 9.78 Å². The van der Waals surface area contributed by atoms with Crippen molar-refractivity contribution in [1.82, 2.24) is 15.6 Å². The van der Waals surface area contributed by atoms with Gasteiger partial charge in [-0.15, -0.1) is 11.3 Å². The summed E-state index contributed by atoms with van der Waals surface area (Å²) in [4.78, 5) is 16.2. The van der Waals surface area contributed by atoms with E-state index in [2.05, 4.69) is 36.4 Å². The summed E-state index contributed by atoms with van der Waals surface area (Å²) in [5.41, 5.74) is 1.06. The predicted molar refractivity (Wildman–Crippen MR) is 86.5 cm³/mol. The van der Waals surface area contributed by atoms with Crippen molar-refractivity contribution in [2.24, 2.45) is 5.92 Å². The zero-order valence-corrected chi connectivity index (χ0v) is 14.4. The first-order valence-corrected chi connectivity index (χ1v) is 8.26. The summed E-state index contributed by atoms with van der Waals surface area (Å²) in [6.07, 6.45) is 0.382. The van der Waals surface area contributed by atoms with Gasteiger partial charge in [0, 0.05) is 17.3 Å². The van der Waals surface area contributed by atoms with Crippen molar-refractivity contribution in [3.63, 3.8) is 0 Å². The molecule has 0 aliphatic heterocycles. The van der Waals surface area contributed by atoms with E-state index in [4.69, 9.17) is 0 Å². The fourth-order valence-corrected chi connectivity index (χ4v) is 2.59. The summed E-state index contributed by atoms with van der Waals surface area (Å²) in [6.45, 7) is 11.0. The van der Waals surface area contributed by atoms with Gasteiger partial charge in [-0.05, 0) is 5.92 Å². The Bertz CT molecular complexity index is 454. The average molecular weight is 313 g/mol. The highest BCUT2D eigenvalue weighted by Gasteiger charge is 2.17. The predicted octanol–water partition coefficient (Wildman–Crippen LogP) is 2.65. The van der Waals surface area contributed by atoms with Gasteiger partial charge in [0.25, 0.3) is 0 Å². The Morgan fingerprint density at radius 1 is 1.43 bits per heavy atom. The number of nitrogens with one attached hydrogen (secondary N) is 2. The van der Waals surface area contributed by atoms with E-state index < -0.39 is 6.10 Å². The lowest BCUT2D eigenvalue weighted by molar-refractivity contribution is 0.114. The normalized spacial score (nSPS) is 14.6. The summed E-state index contributed by atoms with van der Waals surface area (Å²) in [5.74, 6) is 0.179. The number of carbonyl (C=O) groups excluding carboxylic acids is 1. The van der Waals surface area contributed by atoms with E-state index in [1.165, 1.54) is 0 Å². The largest absolute Gasteiger partial charge is 0.391 e. The van der Waals surface area contributed by atoms with Gasteiger partial charge in [0.15, 0.2) is 0 Å². The van der Waals surface area contributed by atoms with Crippen LogP contribution in [-0.4, -0.2) is 28.8 Å². The standard InChI is InChI=1S/C15H27N3O2S/c1-6-10(2)11(19)7-16-14(20)17-8-13-18-12(9-21-13)15(3,4)5/h9-11,19H,6-8H2,1-5H3,(H2,16,17,20). The van der Waals surface area contributed by atoms with Gasteiger partial charge in [-0.2, -0.15) is 0 Å². The molecule has 0 spiro atoms. The molecule has 1 aromatic heterocycles. The number of rotatable bonds is 6. The molecule has 6 heteroatoms. The molecule has 5 nitrogen and oxygen atoms in total. The minimum Gasteiger partial charge on any atom is -0.391 e. The van der Waals surface area contributed by atoms with Crippen molar-refractivity contribution in [2.45, 2.75) is 59.1 Å². The molecule has 0 aliphatic carbocycles. The first kappa shape index (κ1) is 17.9. The number of aliphatic hydroxyl groups excluding tert-OH is 1. The summed E-state index contributed by atoms with van der Waals surface area (Å²) in [7, 11) is 0. The number of amides is 2. The Hall–Kier alpha value is -1.14. The highest BCUT2D eigenvalue weighted by atomic mass is 32.1. The van der Waals surface area contributed by atoms with E-state index in [0.29, 0.717) is 6.54 Å². The van der Waals surface area contributed by atoms with Gasteiger partial charge in [0.05, 0.1) is 18.3 Å². The number of hydrogen-bond acceptors (Lipinski definition) is 4. The number of aromatic nitrogens is 1. The molecule has 120 valence electrons. The maximum atomic E-state index is 11.7. The Kier molecular flexibility index (Phi) is 6.61. The van der Waals surface area contributed by atoms with E-state index >= 15 is 0 Å². The molecule has 0 saturated carbocycles. The van der Waals surface area contributed by atoms with Crippen molar-refractivity contribution < 1.29 is 9.90 Å². The Balaban J connectivity index is 2.35. The van der Waals surface area contributed by atoms with E-state index in [1.54, 1.807) is 11.3 Å². The maximum absolute atomic E-state index is 11.7. The lowest BCUT2D eigenvalue weighted by atomic mass is 9.93. The molecular formula is C15H27N3O2S. The zero-order chi connectivity index (χ0) is 16.0. The molecule has 21 heavy (non-hydrogen) atoms. The fourth-order valence-electron chi connectivity index (χ4n) is 1.63. The smallest absolute Gasteiger partial charge is 0.315 e. The highest BCUT2D eigenvalue weighted by molar-refractivity contribution is 7.09. The molecule has 2 amide bonds. The van der Waals surface area contributed by atoms with Crippen LogP contribution in [0.25, 0.3) is 0 Å². The quantitative estimate of drug-likeness (QED) is 0.756. The van der Waals surface area contributed by atoms with Crippen molar-refractivity contribution in [3.8, 4) is 0 Å². The van der Waals surface area contributed by atoms with E-state index in [1.807, 2.05) is 19.2 Å². The topological polar surface area (TPSA) is 74.2 Å². The van der Waals surface area contributed by atoms with Gasteiger partial charge in [-0.3, -0.25) is 0 Å². The van der Waals surface area contributed by atoms with Gasteiger partial charge >= 0.3 is 6.03 Å². The maximum Gasteiger partial charge on any atom is 0.315 e. The highest BCUT2D eigenvalue weighted by Crippen LogP contribution is 2.23. The molecule has 1 heterocycles. The van der Waals surface area contributed by atoms with Crippen LogP contribution in [0.5, 0.6) is 0 Å². The van der Waals surface area contributed by atoms with Crippen LogP contribution in [0.15, 0.2) is 5.38 Å². The van der Waals surface area contributed by atoms with Crippen LogP contribution in [0, 0.1) is 5.92 Å². The van der Waals surface area contributed by atoms with Gasteiger partial charge in [-0.1, -0.05) is 41.0 Å². The second-order valence-electron chi connectivity index (χ2n) is 6.39. The van der Waals surface area contributed by atoms with Crippen molar-refractivity contribution in [2.75, 3.05) is 6.54 Å². The van der Waals surface area contributed by atoms with Crippen LogP contribution >= 0.6 is 11.3 Å². The molecule has 0 bridgehead atoms. The van der Waals surface area contributed by atoms with Gasteiger partial charge < -0.3 is 15.7 Å². The molecule has 0 aromatic carbocycles. The fraction of sp³-hybridized carbons (Fsp3) is 0.733. The molecule has 1 aromatic rings. The molecule has 3 N–H and O–H groups in total. The third-order valence-corrected chi connectivity index (χ3v) is 4.34. The SMILES string of the molecule is CCC(C)C(O)CNC(=O)NCc1nc(C(C)(C)C)cs1.